The van der Waals surface area contributed by atoms with Crippen molar-refractivity contribution in [1.82, 2.24) is 23.9 Å². The Morgan fingerprint density at radius 1 is 1.30 bits per heavy atom. The Bertz CT molecular complexity index is 768. The van der Waals surface area contributed by atoms with Gasteiger partial charge in [0.05, 0.1) is 11.6 Å². The van der Waals surface area contributed by atoms with E-state index in [1.807, 2.05) is 22.7 Å². The van der Waals surface area contributed by atoms with Gasteiger partial charge < -0.3 is 14.0 Å². The van der Waals surface area contributed by atoms with Crippen molar-refractivity contribution in [3.05, 3.63) is 41.7 Å². The Balaban J connectivity index is 1.83. The molecule has 1 atom stereocenters. The number of aromatic nitrogens is 3. The molecule has 1 fully saturated rings. The Morgan fingerprint density at radius 3 is 2.70 bits per heavy atom. The highest BCUT2D eigenvalue weighted by Gasteiger charge is 2.31. The van der Waals surface area contributed by atoms with E-state index in [0.717, 1.165) is 12.4 Å². The number of nitriles is 1. The molecule has 23 heavy (non-hydrogen) atoms. The van der Waals surface area contributed by atoms with Crippen molar-refractivity contribution in [3.63, 3.8) is 0 Å². The van der Waals surface area contributed by atoms with Crippen LogP contribution >= 0.6 is 0 Å². The molecule has 0 spiro atoms. The Kier molecular flexibility index (Phi) is 3.92. The molecule has 1 amide bonds. The third-order valence-electron chi connectivity index (χ3n) is 4.44. The Morgan fingerprint density at radius 2 is 2.09 bits per heavy atom. The van der Waals surface area contributed by atoms with Gasteiger partial charge in [-0.15, -0.1) is 0 Å². The summed E-state index contributed by atoms with van der Waals surface area (Å²) >= 11 is 0. The van der Waals surface area contributed by atoms with E-state index >= 15 is 0 Å². The van der Waals surface area contributed by atoms with Gasteiger partial charge in [0.2, 0.25) is 0 Å². The summed E-state index contributed by atoms with van der Waals surface area (Å²) in [5.41, 5.74) is 1.05. The van der Waals surface area contributed by atoms with Crippen LogP contribution < -0.4 is 0 Å². The van der Waals surface area contributed by atoms with Gasteiger partial charge in [0.15, 0.2) is 0 Å². The van der Waals surface area contributed by atoms with Crippen LogP contribution in [0.5, 0.6) is 0 Å². The second-order valence-electron chi connectivity index (χ2n) is 5.98. The fourth-order valence-electron chi connectivity index (χ4n) is 3.04. The molecule has 1 aliphatic heterocycles. The maximum atomic E-state index is 12.8. The standard InChI is InChI=1S/C16H20N6O/c1-19-6-7-22(11-14(19)15-18-4-5-20(15)2)16(23)13-8-12(9-17)10-21(13)3/h4-5,8,10,14H,6-7,11H2,1-3H3. The first-order valence-electron chi connectivity index (χ1n) is 7.54. The number of hydrogen-bond acceptors (Lipinski definition) is 4. The van der Waals surface area contributed by atoms with Crippen molar-refractivity contribution in [2.45, 2.75) is 6.04 Å². The molecular formula is C16H20N6O. The highest BCUT2D eigenvalue weighted by molar-refractivity contribution is 5.93. The molecule has 0 radical (unpaired) electrons. The number of likely N-dealkylation sites (N-methyl/N-ethyl adjacent to an activating group) is 1. The second kappa shape index (κ2) is 5.89. The van der Waals surface area contributed by atoms with E-state index < -0.39 is 0 Å². The third kappa shape index (κ3) is 2.73. The highest BCUT2D eigenvalue weighted by atomic mass is 16.2. The van der Waals surface area contributed by atoms with Crippen LogP contribution in [0.25, 0.3) is 0 Å². The molecule has 1 aliphatic rings. The second-order valence-corrected chi connectivity index (χ2v) is 5.98. The summed E-state index contributed by atoms with van der Waals surface area (Å²) in [6.07, 6.45) is 5.38. The smallest absolute Gasteiger partial charge is 0.270 e. The van der Waals surface area contributed by atoms with Gasteiger partial charge in [-0.05, 0) is 13.1 Å². The average Bonchev–Trinajstić information content (AvgIpc) is 3.13. The van der Waals surface area contributed by atoms with E-state index in [9.17, 15) is 4.79 Å². The quantitative estimate of drug-likeness (QED) is 0.821. The minimum Gasteiger partial charge on any atom is -0.345 e. The zero-order valence-electron chi connectivity index (χ0n) is 13.6. The van der Waals surface area contributed by atoms with Gasteiger partial charge in [0, 0.05) is 52.3 Å². The normalized spacial score (nSPS) is 18.9. The predicted molar refractivity (Wildman–Crippen MR) is 84.6 cm³/mol. The van der Waals surface area contributed by atoms with Crippen molar-refractivity contribution in [2.24, 2.45) is 14.1 Å². The van der Waals surface area contributed by atoms with Crippen molar-refractivity contribution < 1.29 is 4.79 Å². The van der Waals surface area contributed by atoms with Gasteiger partial charge in [-0.3, -0.25) is 9.69 Å². The molecule has 3 heterocycles. The third-order valence-corrected chi connectivity index (χ3v) is 4.44. The lowest BCUT2D eigenvalue weighted by Crippen LogP contribution is -2.49. The van der Waals surface area contributed by atoms with Crippen LogP contribution in [0.2, 0.25) is 0 Å². The molecule has 0 bridgehead atoms. The number of hydrogen-bond donors (Lipinski definition) is 0. The molecule has 7 nitrogen and oxygen atoms in total. The highest BCUT2D eigenvalue weighted by Crippen LogP contribution is 2.23. The summed E-state index contributed by atoms with van der Waals surface area (Å²) in [4.78, 5) is 21.3. The van der Waals surface area contributed by atoms with Gasteiger partial charge in [-0.25, -0.2) is 4.98 Å². The summed E-state index contributed by atoms with van der Waals surface area (Å²) in [6.45, 7) is 2.05. The van der Waals surface area contributed by atoms with Gasteiger partial charge in [-0.1, -0.05) is 0 Å². The molecule has 0 aromatic carbocycles. The SMILES string of the molecule is CN1CCN(C(=O)c2cc(C#N)cn2C)CC1c1nccn1C. The van der Waals surface area contributed by atoms with Crippen LogP contribution in [-0.2, 0) is 14.1 Å². The fraction of sp³-hybridized carbons (Fsp3) is 0.438. The zero-order valence-corrected chi connectivity index (χ0v) is 13.6. The van der Waals surface area contributed by atoms with Gasteiger partial charge >= 0.3 is 0 Å². The number of piperazine rings is 1. The maximum absolute atomic E-state index is 12.8. The molecule has 0 aliphatic carbocycles. The Hall–Kier alpha value is -2.59. The van der Waals surface area contributed by atoms with Crippen molar-refractivity contribution >= 4 is 5.91 Å². The molecule has 0 N–H and O–H groups in total. The topological polar surface area (TPSA) is 70.1 Å². The fourth-order valence-corrected chi connectivity index (χ4v) is 3.04. The minimum atomic E-state index is -0.0405. The molecule has 1 unspecified atom stereocenters. The van der Waals surface area contributed by atoms with Crippen molar-refractivity contribution in [3.8, 4) is 6.07 Å². The molecule has 120 valence electrons. The summed E-state index contributed by atoms with van der Waals surface area (Å²) in [6, 6.07) is 3.80. The monoisotopic (exact) mass is 312 g/mol. The minimum absolute atomic E-state index is 0.0405. The first-order chi connectivity index (χ1) is 11.0. The summed E-state index contributed by atoms with van der Waals surface area (Å²) < 4.78 is 3.71. The molecule has 1 saturated heterocycles. The lowest BCUT2D eigenvalue weighted by molar-refractivity contribution is 0.0520. The molecule has 2 aromatic heterocycles. The van der Waals surface area contributed by atoms with Crippen LogP contribution in [-0.4, -0.2) is 56.5 Å². The number of nitrogens with zero attached hydrogens (tertiary/aromatic N) is 6. The van der Waals surface area contributed by atoms with Crippen LogP contribution in [0.4, 0.5) is 0 Å². The largest absolute Gasteiger partial charge is 0.345 e. The molecule has 7 heteroatoms. The number of imidazole rings is 1. The van der Waals surface area contributed by atoms with Crippen LogP contribution in [0, 0.1) is 11.3 Å². The van der Waals surface area contributed by atoms with Gasteiger partial charge in [0.1, 0.15) is 17.6 Å². The number of aryl methyl sites for hydroxylation is 2. The predicted octanol–water partition coefficient (Wildman–Crippen LogP) is 0.759. The molecule has 0 saturated carbocycles. The van der Waals surface area contributed by atoms with E-state index in [-0.39, 0.29) is 11.9 Å². The number of carbonyl (C=O) groups excluding carboxylic acids is 1. The molecule has 2 aromatic rings. The zero-order chi connectivity index (χ0) is 16.6. The number of rotatable bonds is 2. The van der Waals surface area contributed by atoms with E-state index in [4.69, 9.17) is 5.26 Å². The van der Waals surface area contributed by atoms with E-state index in [1.165, 1.54) is 0 Å². The lowest BCUT2D eigenvalue weighted by atomic mass is 10.1. The number of amides is 1. The summed E-state index contributed by atoms with van der Waals surface area (Å²) in [7, 11) is 5.81. The van der Waals surface area contributed by atoms with Gasteiger partial charge in [0.25, 0.3) is 5.91 Å². The van der Waals surface area contributed by atoms with E-state index in [1.54, 1.807) is 30.1 Å². The molecule has 3 rings (SSSR count). The van der Waals surface area contributed by atoms with E-state index in [0.29, 0.717) is 24.3 Å². The average molecular weight is 312 g/mol. The number of carbonyl (C=O) groups is 1. The van der Waals surface area contributed by atoms with Crippen molar-refractivity contribution in [2.75, 3.05) is 26.7 Å². The molecular weight excluding hydrogens is 292 g/mol. The summed E-state index contributed by atoms with van der Waals surface area (Å²) in [5.74, 6) is 0.913. The van der Waals surface area contributed by atoms with Crippen LogP contribution in [0.1, 0.15) is 27.9 Å². The first-order valence-corrected chi connectivity index (χ1v) is 7.54. The van der Waals surface area contributed by atoms with E-state index in [2.05, 4.69) is 23.0 Å². The van der Waals surface area contributed by atoms with Crippen molar-refractivity contribution in [1.29, 1.82) is 5.26 Å². The van der Waals surface area contributed by atoms with Crippen LogP contribution in [0.3, 0.4) is 0 Å². The van der Waals surface area contributed by atoms with Gasteiger partial charge in [-0.2, -0.15) is 5.26 Å². The van der Waals surface area contributed by atoms with Crippen LogP contribution in [0.15, 0.2) is 24.7 Å². The first kappa shape index (κ1) is 15.3. The lowest BCUT2D eigenvalue weighted by Gasteiger charge is -2.39. The maximum Gasteiger partial charge on any atom is 0.270 e. The summed E-state index contributed by atoms with van der Waals surface area (Å²) in [5, 5.41) is 8.99. The Labute approximate surface area is 135 Å².